The third kappa shape index (κ3) is 4.15. The van der Waals surface area contributed by atoms with Gasteiger partial charge in [0, 0.05) is 4.47 Å². The number of aromatic nitrogens is 2. The van der Waals surface area contributed by atoms with Crippen LogP contribution in [0.4, 0.5) is 0 Å². The molecule has 4 rings (SSSR count). The fourth-order valence-electron chi connectivity index (χ4n) is 3.26. The Labute approximate surface area is 187 Å². The second-order valence-electron chi connectivity index (χ2n) is 6.76. The van der Waals surface area contributed by atoms with Crippen LogP contribution in [0.2, 0.25) is 5.15 Å². The highest BCUT2D eigenvalue weighted by molar-refractivity contribution is 9.10. The molecule has 0 fully saturated rings. The molecule has 0 saturated carbocycles. The lowest BCUT2D eigenvalue weighted by Crippen LogP contribution is -2.20. The van der Waals surface area contributed by atoms with Crippen LogP contribution in [-0.4, -0.2) is 21.9 Å². The van der Waals surface area contributed by atoms with Crippen molar-refractivity contribution in [3.05, 3.63) is 93.2 Å². The first kappa shape index (κ1) is 20.3. The van der Waals surface area contributed by atoms with Crippen molar-refractivity contribution in [3.63, 3.8) is 0 Å². The zero-order chi connectivity index (χ0) is 21.1. The number of nitrogens with one attached hydrogen (secondary N) is 1. The van der Waals surface area contributed by atoms with Crippen molar-refractivity contribution in [2.75, 3.05) is 0 Å². The molecule has 1 N–H and O–H groups in total. The van der Waals surface area contributed by atoms with Gasteiger partial charge in [-0.15, -0.1) is 0 Å². The maximum absolute atomic E-state index is 12.4. The van der Waals surface area contributed by atoms with E-state index in [2.05, 4.69) is 31.6 Å². The third-order valence-corrected chi connectivity index (χ3v) is 5.80. The standard InChI is InChI=1S/C23H18BrClN4O/c1-15-20(23(25)29(28-15)17-7-3-2-4-8-17)14-26-27-22(30)13-16-11-12-21(24)19-10-6-5-9-18(16)19/h2-12,14H,13H2,1H3,(H,27,30)/b26-14+. The lowest BCUT2D eigenvalue weighted by atomic mass is 10.0. The number of carbonyl (C=O) groups is 1. The van der Waals surface area contributed by atoms with E-state index in [1.165, 1.54) is 6.21 Å². The van der Waals surface area contributed by atoms with Crippen LogP contribution in [0.25, 0.3) is 16.5 Å². The summed E-state index contributed by atoms with van der Waals surface area (Å²) >= 11 is 10.0. The number of fused-ring (bicyclic) bond motifs is 1. The van der Waals surface area contributed by atoms with Crippen LogP contribution in [0.5, 0.6) is 0 Å². The average molecular weight is 482 g/mol. The van der Waals surface area contributed by atoms with Gasteiger partial charge in [-0.05, 0) is 41.5 Å². The summed E-state index contributed by atoms with van der Waals surface area (Å²) in [6, 6.07) is 21.5. The zero-order valence-corrected chi connectivity index (χ0v) is 18.5. The SMILES string of the molecule is Cc1nn(-c2ccccc2)c(Cl)c1/C=N/NC(=O)Cc1ccc(Br)c2ccccc12. The molecule has 5 nitrogen and oxygen atoms in total. The predicted octanol–water partition coefficient (Wildman–Crippen LogP) is 5.44. The molecule has 0 atom stereocenters. The Morgan fingerprint density at radius 1 is 1.10 bits per heavy atom. The van der Waals surface area contributed by atoms with Gasteiger partial charge in [0.05, 0.1) is 29.6 Å². The van der Waals surface area contributed by atoms with Crippen LogP contribution >= 0.6 is 27.5 Å². The van der Waals surface area contributed by atoms with Gasteiger partial charge in [-0.25, -0.2) is 10.1 Å². The van der Waals surface area contributed by atoms with Crippen molar-refractivity contribution < 1.29 is 4.79 Å². The van der Waals surface area contributed by atoms with Crippen LogP contribution in [0.1, 0.15) is 16.8 Å². The highest BCUT2D eigenvalue weighted by atomic mass is 79.9. The van der Waals surface area contributed by atoms with Crippen molar-refractivity contribution in [2.45, 2.75) is 13.3 Å². The van der Waals surface area contributed by atoms with E-state index in [-0.39, 0.29) is 12.3 Å². The van der Waals surface area contributed by atoms with E-state index in [4.69, 9.17) is 11.6 Å². The molecular weight excluding hydrogens is 464 g/mol. The Balaban J connectivity index is 1.49. The number of benzene rings is 3. The Hall–Kier alpha value is -2.96. The number of rotatable bonds is 5. The second kappa shape index (κ2) is 8.81. The number of halogens is 2. The highest BCUT2D eigenvalue weighted by Crippen LogP contribution is 2.27. The molecule has 0 saturated heterocycles. The van der Waals surface area contributed by atoms with E-state index < -0.39 is 0 Å². The Morgan fingerprint density at radius 2 is 1.80 bits per heavy atom. The first-order chi connectivity index (χ1) is 14.5. The molecule has 150 valence electrons. The van der Waals surface area contributed by atoms with Gasteiger partial charge in [0.25, 0.3) is 0 Å². The molecule has 30 heavy (non-hydrogen) atoms. The smallest absolute Gasteiger partial charge is 0.244 e. The lowest BCUT2D eigenvalue weighted by Gasteiger charge is -2.07. The van der Waals surface area contributed by atoms with E-state index in [0.29, 0.717) is 10.7 Å². The first-order valence-electron chi connectivity index (χ1n) is 9.33. The van der Waals surface area contributed by atoms with Gasteiger partial charge in [-0.3, -0.25) is 4.79 Å². The van der Waals surface area contributed by atoms with Crippen molar-refractivity contribution in [3.8, 4) is 5.69 Å². The summed E-state index contributed by atoms with van der Waals surface area (Å²) < 4.78 is 2.65. The third-order valence-electron chi connectivity index (χ3n) is 4.74. The minimum atomic E-state index is -0.206. The van der Waals surface area contributed by atoms with Crippen LogP contribution in [0.3, 0.4) is 0 Å². The number of carbonyl (C=O) groups excluding carboxylic acids is 1. The van der Waals surface area contributed by atoms with Gasteiger partial charge in [-0.2, -0.15) is 10.2 Å². The molecule has 1 heterocycles. The van der Waals surface area contributed by atoms with Crippen LogP contribution in [0, 0.1) is 6.92 Å². The molecule has 1 amide bonds. The molecule has 4 aromatic rings. The zero-order valence-electron chi connectivity index (χ0n) is 16.1. The highest BCUT2D eigenvalue weighted by Gasteiger charge is 2.13. The van der Waals surface area contributed by atoms with E-state index in [9.17, 15) is 4.79 Å². The van der Waals surface area contributed by atoms with Crippen LogP contribution in [0.15, 0.2) is 76.3 Å². The molecule has 0 aliphatic rings. The second-order valence-corrected chi connectivity index (χ2v) is 7.97. The number of hydrogen-bond donors (Lipinski definition) is 1. The normalized spacial score (nSPS) is 11.3. The summed E-state index contributed by atoms with van der Waals surface area (Å²) in [5.41, 5.74) is 5.77. The molecule has 7 heteroatoms. The van der Waals surface area contributed by atoms with E-state index in [1.807, 2.05) is 73.7 Å². The number of hydrazone groups is 1. The van der Waals surface area contributed by atoms with Crippen LogP contribution < -0.4 is 5.43 Å². The van der Waals surface area contributed by atoms with Gasteiger partial charge in [-0.1, -0.05) is 76.1 Å². The molecule has 0 bridgehead atoms. The summed E-state index contributed by atoms with van der Waals surface area (Å²) in [5, 5.41) is 11.1. The predicted molar refractivity (Wildman–Crippen MR) is 124 cm³/mol. The molecule has 0 radical (unpaired) electrons. The summed E-state index contributed by atoms with van der Waals surface area (Å²) in [7, 11) is 0. The largest absolute Gasteiger partial charge is 0.273 e. The van der Waals surface area contributed by atoms with Gasteiger partial charge in [0.2, 0.25) is 5.91 Å². The molecule has 0 spiro atoms. The Kier molecular flexibility index (Phi) is 5.97. The number of hydrogen-bond acceptors (Lipinski definition) is 3. The molecule has 3 aromatic carbocycles. The summed E-state index contributed by atoms with van der Waals surface area (Å²) in [4.78, 5) is 12.4. The van der Waals surface area contributed by atoms with Gasteiger partial charge >= 0.3 is 0 Å². The fraction of sp³-hybridized carbons (Fsp3) is 0.0870. The van der Waals surface area contributed by atoms with Crippen molar-refractivity contribution >= 4 is 50.4 Å². The molecule has 0 aliphatic carbocycles. The molecule has 0 aliphatic heterocycles. The van der Waals surface area contributed by atoms with E-state index in [1.54, 1.807) is 4.68 Å². The Morgan fingerprint density at radius 3 is 2.57 bits per heavy atom. The molecule has 1 aromatic heterocycles. The summed E-state index contributed by atoms with van der Waals surface area (Å²) in [5.74, 6) is -0.206. The molecule has 0 unspecified atom stereocenters. The monoisotopic (exact) mass is 480 g/mol. The first-order valence-corrected chi connectivity index (χ1v) is 10.5. The van der Waals surface area contributed by atoms with Crippen molar-refractivity contribution in [1.82, 2.24) is 15.2 Å². The maximum atomic E-state index is 12.4. The van der Waals surface area contributed by atoms with Gasteiger partial charge < -0.3 is 0 Å². The quantitative estimate of drug-likeness (QED) is 0.305. The fourth-order valence-corrected chi connectivity index (χ4v) is 4.06. The minimum Gasteiger partial charge on any atom is -0.273 e. The number of aryl methyl sites for hydroxylation is 1. The number of nitrogens with zero attached hydrogens (tertiary/aromatic N) is 3. The number of para-hydroxylation sites is 1. The van der Waals surface area contributed by atoms with E-state index >= 15 is 0 Å². The van der Waals surface area contributed by atoms with Crippen LogP contribution in [-0.2, 0) is 11.2 Å². The summed E-state index contributed by atoms with van der Waals surface area (Å²) in [6.45, 7) is 1.85. The van der Waals surface area contributed by atoms with Crippen molar-refractivity contribution in [1.29, 1.82) is 0 Å². The van der Waals surface area contributed by atoms with Gasteiger partial charge in [0.15, 0.2) is 0 Å². The lowest BCUT2D eigenvalue weighted by molar-refractivity contribution is -0.120. The average Bonchev–Trinajstić information content (AvgIpc) is 3.05. The number of amides is 1. The Bertz CT molecular complexity index is 1250. The molecular formula is C23H18BrClN4O. The van der Waals surface area contributed by atoms with E-state index in [0.717, 1.165) is 32.2 Å². The topological polar surface area (TPSA) is 59.3 Å². The van der Waals surface area contributed by atoms with Gasteiger partial charge in [0.1, 0.15) is 5.15 Å². The van der Waals surface area contributed by atoms with Crippen molar-refractivity contribution in [2.24, 2.45) is 5.10 Å². The minimum absolute atomic E-state index is 0.206. The summed E-state index contributed by atoms with van der Waals surface area (Å²) in [6.07, 6.45) is 1.75. The maximum Gasteiger partial charge on any atom is 0.244 e.